The first kappa shape index (κ1) is 21.0. The number of morpholine rings is 1. The highest BCUT2D eigenvalue weighted by molar-refractivity contribution is 8.00. The van der Waals surface area contributed by atoms with Gasteiger partial charge >= 0.3 is 0 Å². The van der Waals surface area contributed by atoms with E-state index >= 15 is 0 Å². The van der Waals surface area contributed by atoms with Gasteiger partial charge in [-0.25, -0.2) is 0 Å². The van der Waals surface area contributed by atoms with E-state index in [4.69, 9.17) is 21.1 Å². The lowest BCUT2D eigenvalue weighted by Crippen LogP contribution is -2.44. The first-order valence-corrected chi connectivity index (χ1v) is 10.6. The van der Waals surface area contributed by atoms with Gasteiger partial charge in [-0.1, -0.05) is 29.8 Å². The highest BCUT2D eigenvalue weighted by atomic mass is 35.5. The summed E-state index contributed by atoms with van der Waals surface area (Å²) in [4.78, 5) is 15.8. The second-order valence-electron chi connectivity index (χ2n) is 6.45. The summed E-state index contributed by atoms with van der Waals surface area (Å²) < 4.78 is 10.6. The molecule has 7 heteroatoms. The Morgan fingerprint density at radius 2 is 1.93 bits per heavy atom. The highest BCUT2D eigenvalue weighted by Crippen LogP contribution is 2.28. The Morgan fingerprint density at radius 3 is 2.61 bits per heavy atom. The molecule has 2 aromatic rings. The van der Waals surface area contributed by atoms with E-state index in [9.17, 15) is 4.79 Å². The van der Waals surface area contributed by atoms with Crippen LogP contribution in [0.15, 0.2) is 53.4 Å². The molecule has 28 heavy (non-hydrogen) atoms. The van der Waals surface area contributed by atoms with Gasteiger partial charge in [-0.3, -0.25) is 9.69 Å². The lowest BCUT2D eigenvalue weighted by molar-refractivity contribution is -0.118. The number of amides is 1. The molecule has 1 heterocycles. The molecule has 0 saturated carbocycles. The minimum absolute atomic E-state index is 0.00568. The number of thioether (sulfide) groups is 1. The van der Waals surface area contributed by atoms with Crippen molar-refractivity contribution in [3.05, 3.63) is 59.1 Å². The van der Waals surface area contributed by atoms with Crippen molar-refractivity contribution in [1.82, 2.24) is 10.2 Å². The van der Waals surface area contributed by atoms with Gasteiger partial charge in [0.25, 0.3) is 0 Å². The molecular formula is C21H25ClN2O3S. The first-order chi connectivity index (χ1) is 13.7. The van der Waals surface area contributed by atoms with Gasteiger partial charge in [0.1, 0.15) is 5.75 Å². The minimum Gasteiger partial charge on any atom is -0.497 e. The average Bonchev–Trinajstić information content (AvgIpc) is 2.74. The van der Waals surface area contributed by atoms with Crippen LogP contribution in [-0.2, 0) is 9.53 Å². The van der Waals surface area contributed by atoms with Crippen molar-refractivity contribution in [2.45, 2.75) is 10.9 Å². The molecule has 150 valence electrons. The summed E-state index contributed by atoms with van der Waals surface area (Å²) >= 11 is 7.94. The fourth-order valence-electron chi connectivity index (χ4n) is 3.15. The van der Waals surface area contributed by atoms with Crippen molar-refractivity contribution in [2.75, 3.05) is 45.7 Å². The molecule has 3 rings (SSSR count). The van der Waals surface area contributed by atoms with Crippen LogP contribution in [0.5, 0.6) is 5.75 Å². The molecule has 0 aromatic heterocycles. The monoisotopic (exact) mass is 420 g/mol. The molecule has 0 radical (unpaired) electrons. The molecule has 1 aliphatic heterocycles. The topological polar surface area (TPSA) is 50.8 Å². The van der Waals surface area contributed by atoms with E-state index in [1.165, 1.54) is 11.8 Å². The molecular weight excluding hydrogens is 396 g/mol. The maximum atomic E-state index is 12.4. The molecule has 1 unspecified atom stereocenters. The van der Waals surface area contributed by atoms with E-state index in [0.717, 1.165) is 34.3 Å². The number of benzene rings is 2. The van der Waals surface area contributed by atoms with Crippen molar-refractivity contribution in [3.63, 3.8) is 0 Å². The Bertz CT molecular complexity index is 767. The lowest BCUT2D eigenvalue weighted by Gasteiger charge is -2.35. The second kappa shape index (κ2) is 10.7. The summed E-state index contributed by atoms with van der Waals surface area (Å²) in [6.45, 7) is 3.56. The number of ether oxygens (including phenoxy) is 2. The van der Waals surface area contributed by atoms with Gasteiger partial charge in [0.2, 0.25) is 5.91 Å². The number of carbonyl (C=O) groups excluding carboxylic acids is 1. The van der Waals surface area contributed by atoms with Crippen LogP contribution in [0.25, 0.3) is 0 Å². The third kappa shape index (κ3) is 5.88. The number of hydrogen-bond donors (Lipinski definition) is 1. The molecule has 1 amide bonds. The van der Waals surface area contributed by atoms with E-state index in [-0.39, 0.29) is 11.9 Å². The van der Waals surface area contributed by atoms with Crippen LogP contribution < -0.4 is 10.1 Å². The normalized spacial score (nSPS) is 15.8. The van der Waals surface area contributed by atoms with Gasteiger partial charge in [0.05, 0.1) is 32.1 Å². The molecule has 1 fully saturated rings. The van der Waals surface area contributed by atoms with Crippen LogP contribution in [0.3, 0.4) is 0 Å². The van der Waals surface area contributed by atoms with Crippen LogP contribution in [-0.4, -0.2) is 56.5 Å². The predicted molar refractivity (Wildman–Crippen MR) is 113 cm³/mol. The Hall–Kier alpha value is -1.73. The highest BCUT2D eigenvalue weighted by Gasteiger charge is 2.24. The third-order valence-corrected chi connectivity index (χ3v) is 6.03. The fourth-order valence-corrected chi connectivity index (χ4v) is 4.14. The summed E-state index contributed by atoms with van der Waals surface area (Å²) in [6, 6.07) is 15.6. The number of nitrogens with one attached hydrogen (secondary N) is 1. The summed E-state index contributed by atoms with van der Waals surface area (Å²) in [5.41, 5.74) is 1.04. The summed E-state index contributed by atoms with van der Waals surface area (Å²) in [6.07, 6.45) is 0. The number of rotatable bonds is 8. The van der Waals surface area contributed by atoms with E-state index in [2.05, 4.69) is 10.2 Å². The zero-order valence-corrected chi connectivity index (χ0v) is 17.5. The van der Waals surface area contributed by atoms with Crippen LogP contribution in [0.1, 0.15) is 11.6 Å². The Kier molecular flexibility index (Phi) is 8.03. The molecule has 0 bridgehead atoms. The van der Waals surface area contributed by atoms with Crippen LogP contribution in [0.4, 0.5) is 0 Å². The van der Waals surface area contributed by atoms with Crippen LogP contribution >= 0.6 is 23.4 Å². The fraction of sp³-hybridized carbons (Fsp3) is 0.381. The largest absolute Gasteiger partial charge is 0.497 e. The molecule has 1 N–H and O–H groups in total. The number of nitrogens with zero attached hydrogens (tertiary/aromatic N) is 1. The molecule has 1 atom stereocenters. The Balaban J connectivity index is 1.57. The average molecular weight is 421 g/mol. The minimum atomic E-state index is 0.00568. The van der Waals surface area contributed by atoms with Crippen molar-refractivity contribution in [2.24, 2.45) is 0 Å². The van der Waals surface area contributed by atoms with Gasteiger partial charge in [0, 0.05) is 29.6 Å². The van der Waals surface area contributed by atoms with E-state index in [1.54, 1.807) is 7.11 Å². The summed E-state index contributed by atoms with van der Waals surface area (Å²) in [5.74, 6) is 1.18. The van der Waals surface area contributed by atoms with Crippen molar-refractivity contribution in [3.8, 4) is 5.75 Å². The van der Waals surface area contributed by atoms with Gasteiger partial charge in [-0.15, -0.1) is 11.8 Å². The standard InChI is InChI=1S/C21H25ClN2O3S/c1-26-16-6-8-17(9-7-16)28-15-21(25)23-14-20(24-10-12-27-13-11-24)18-4-2-3-5-19(18)22/h2-9,20H,10-15H2,1H3,(H,23,25). The van der Waals surface area contributed by atoms with Crippen molar-refractivity contribution < 1.29 is 14.3 Å². The number of hydrogen-bond acceptors (Lipinski definition) is 5. The Morgan fingerprint density at radius 1 is 1.21 bits per heavy atom. The van der Waals surface area contributed by atoms with Gasteiger partial charge < -0.3 is 14.8 Å². The number of halogens is 1. The molecule has 0 aliphatic carbocycles. The summed E-state index contributed by atoms with van der Waals surface area (Å²) in [5, 5.41) is 3.80. The predicted octanol–water partition coefficient (Wildman–Crippen LogP) is 3.63. The SMILES string of the molecule is COc1ccc(SCC(=O)NCC(c2ccccc2Cl)N2CCOCC2)cc1. The molecule has 1 saturated heterocycles. The lowest BCUT2D eigenvalue weighted by atomic mass is 10.0. The quantitative estimate of drug-likeness (QED) is 0.661. The Labute approximate surface area is 175 Å². The number of carbonyl (C=O) groups is 1. The molecule has 2 aromatic carbocycles. The molecule has 1 aliphatic rings. The number of methoxy groups -OCH3 is 1. The van der Waals surface area contributed by atoms with E-state index in [1.807, 2.05) is 48.5 Å². The maximum absolute atomic E-state index is 12.4. The van der Waals surface area contributed by atoms with Crippen molar-refractivity contribution >= 4 is 29.3 Å². The third-order valence-electron chi connectivity index (χ3n) is 4.67. The van der Waals surface area contributed by atoms with Gasteiger partial charge in [-0.05, 0) is 35.9 Å². The van der Waals surface area contributed by atoms with Crippen molar-refractivity contribution in [1.29, 1.82) is 0 Å². The van der Waals surface area contributed by atoms with Crippen LogP contribution in [0.2, 0.25) is 5.02 Å². The van der Waals surface area contributed by atoms with Gasteiger partial charge in [0.15, 0.2) is 0 Å². The van der Waals surface area contributed by atoms with E-state index in [0.29, 0.717) is 25.5 Å². The maximum Gasteiger partial charge on any atom is 0.230 e. The smallest absolute Gasteiger partial charge is 0.230 e. The summed E-state index contributed by atoms with van der Waals surface area (Å²) in [7, 11) is 1.64. The second-order valence-corrected chi connectivity index (χ2v) is 7.91. The zero-order chi connectivity index (χ0) is 19.8. The zero-order valence-electron chi connectivity index (χ0n) is 15.9. The van der Waals surface area contributed by atoms with E-state index < -0.39 is 0 Å². The van der Waals surface area contributed by atoms with Gasteiger partial charge in [-0.2, -0.15) is 0 Å². The van der Waals surface area contributed by atoms with Crippen LogP contribution in [0, 0.1) is 0 Å². The molecule has 0 spiro atoms. The first-order valence-electron chi connectivity index (χ1n) is 9.27. The molecule has 5 nitrogen and oxygen atoms in total.